The fourth-order valence-corrected chi connectivity index (χ4v) is 2.31. The van der Waals surface area contributed by atoms with Gasteiger partial charge in [-0.2, -0.15) is 4.99 Å². The van der Waals surface area contributed by atoms with Crippen LogP contribution < -0.4 is 11.5 Å². The molecular weight excluding hydrogens is 276 g/mol. The van der Waals surface area contributed by atoms with Crippen molar-refractivity contribution in [3.63, 3.8) is 0 Å². The van der Waals surface area contributed by atoms with Gasteiger partial charge in [-0.15, -0.1) is 0 Å². The van der Waals surface area contributed by atoms with Crippen LogP contribution in [0.2, 0.25) is 0 Å². The number of carbonyl (C=O) groups excluding carboxylic acids is 1. The summed E-state index contributed by atoms with van der Waals surface area (Å²) in [4.78, 5) is 20.0. The van der Waals surface area contributed by atoms with E-state index in [1.807, 2.05) is 42.5 Å². The van der Waals surface area contributed by atoms with Crippen molar-refractivity contribution in [2.75, 3.05) is 0 Å². The Morgan fingerprint density at radius 2 is 1.77 bits per heavy atom. The van der Waals surface area contributed by atoms with Crippen LogP contribution in [0.5, 0.6) is 0 Å². The number of amides is 1. The first-order valence-corrected chi connectivity index (χ1v) is 6.73. The molecule has 0 saturated carbocycles. The van der Waals surface area contributed by atoms with Crippen LogP contribution in [0.4, 0.5) is 0 Å². The normalized spacial score (nSPS) is 10.4. The molecular formula is C17H14N4O. The molecule has 0 unspecified atom stereocenters. The van der Waals surface area contributed by atoms with Crippen molar-refractivity contribution in [2.45, 2.75) is 0 Å². The van der Waals surface area contributed by atoms with Gasteiger partial charge in [-0.05, 0) is 23.6 Å². The van der Waals surface area contributed by atoms with E-state index in [0.29, 0.717) is 5.56 Å². The molecule has 1 amide bonds. The van der Waals surface area contributed by atoms with Gasteiger partial charge in [0.05, 0.1) is 5.69 Å². The Bertz CT molecular complexity index is 868. The van der Waals surface area contributed by atoms with Gasteiger partial charge < -0.3 is 11.5 Å². The van der Waals surface area contributed by atoms with Gasteiger partial charge in [-0.25, -0.2) is 0 Å². The van der Waals surface area contributed by atoms with Crippen LogP contribution in [0, 0.1) is 0 Å². The van der Waals surface area contributed by atoms with Crippen LogP contribution in [0.25, 0.3) is 22.0 Å². The molecule has 2 aromatic carbocycles. The molecule has 1 aromatic heterocycles. The molecule has 0 radical (unpaired) electrons. The Labute approximate surface area is 127 Å². The summed E-state index contributed by atoms with van der Waals surface area (Å²) in [5.74, 6) is -0.718. The highest BCUT2D eigenvalue weighted by Crippen LogP contribution is 2.27. The Balaban J connectivity index is 2.19. The number of aliphatic imine (C=N–C) groups is 1. The highest BCUT2D eigenvalue weighted by molar-refractivity contribution is 6.05. The molecule has 5 nitrogen and oxygen atoms in total. The number of nitrogens with two attached hydrogens (primary N) is 2. The van der Waals surface area contributed by atoms with Crippen molar-refractivity contribution >= 4 is 22.6 Å². The van der Waals surface area contributed by atoms with Gasteiger partial charge in [0.25, 0.3) is 5.91 Å². The second-order valence-electron chi connectivity index (χ2n) is 4.80. The van der Waals surface area contributed by atoms with E-state index in [0.717, 1.165) is 22.0 Å². The molecule has 108 valence electrons. The van der Waals surface area contributed by atoms with Gasteiger partial charge in [-0.1, -0.05) is 36.4 Å². The number of rotatable bonds is 2. The van der Waals surface area contributed by atoms with E-state index >= 15 is 0 Å². The van der Waals surface area contributed by atoms with Crippen LogP contribution in [0.15, 0.2) is 65.8 Å². The average molecular weight is 290 g/mol. The van der Waals surface area contributed by atoms with E-state index in [1.54, 1.807) is 18.3 Å². The SMILES string of the molecule is NC(N)=NC(=O)c1ccc2ccnc(-c3ccccc3)c2c1. The predicted molar refractivity (Wildman–Crippen MR) is 87.3 cm³/mol. The van der Waals surface area contributed by atoms with Crippen molar-refractivity contribution in [3.8, 4) is 11.3 Å². The first kappa shape index (κ1) is 13.8. The number of nitrogens with zero attached hydrogens (tertiary/aromatic N) is 2. The molecule has 3 aromatic rings. The molecule has 0 spiro atoms. The maximum absolute atomic E-state index is 12.0. The van der Waals surface area contributed by atoms with Gasteiger partial charge in [0.2, 0.25) is 0 Å². The number of hydrogen-bond acceptors (Lipinski definition) is 2. The Hall–Kier alpha value is -3.21. The van der Waals surface area contributed by atoms with Gasteiger partial charge >= 0.3 is 0 Å². The van der Waals surface area contributed by atoms with E-state index in [9.17, 15) is 4.79 Å². The zero-order valence-electron chi connectivity index (χ0n) is 11.7. The van der Waals surface area contributed by atoms with Crippen molar-refractivity contribution in [1.29, 1.82) is 0 Å². The summed E-state index contributed by atoms with van der Waals surface area (Å²) in [6, 6.07) is 17.0. The number of carbonyl (C=O) groups is 1. The summed E-state index contributed by atoms with van der Waals surface area (Å²) in [5, 5.41) is 1.88. The highest BCUT2D eigenvalue weighted by Gasteiger charge is 2.09. The minimum Gasteiger partial charge on any atom is -0.370 e. The topological polar surface area (TPSA) is 94.4 Å². The van der Waals surface area contributed by atoms with E-state index in [2.05, 4.69) is 9.98 Å². The first-order valence-electron chi connectivity index (χ1n) is 6.73. The van der Waals surface area contributed by atoms with Gasteiger partial charge in [0.15, 0.2) is 5.96 Å². The largest absolute Gasteiger partial charge is 0.370 e. The third kappa shape index (κ3) is 2.64. The van der Waals surface area contributed by atoms with Crippen molar-refractivity contribution in [3.05, 3.63) is 66.4 Å². The van der Waals surface area contributed by atoms with Gasteiger partial charge in [0.1, 0.15) is 0 Å². The number of fused-ring (bicyclic) bond motifs is 1. The predicted octanol–water partition coefficient (Wildman–Crippen LogP) is 2.32. The molecule has 3 rings (SSSR count). The summed E-state index contributed by atoms with van der Waals surface area (Å²) >= 11 is 0. The average Bonchev–Trinajstić information content (AvgIpc) is 2.54. The molecule has 0 aliphatic carbocycles. The van der Waals surface area contributed by atoms with Crippen LogP contribution in [-0.4, -0.2) is 16.9 Å². The lowest BCUT2D eigenvalue weighted by Gasteiger charge is -2.07. The third-order valence-corrected chi connectivity index (χ3v) is 3.29. The van der Waals surface area contributed by atoms with Gasteiger partial charge in [-0.3, -0.25) is 9.78 Å². The van der Waals surface area contributed by atoms with Crippen molar-refractivity contribution < 1.29 is 4.79 Å². The number of guanidine groups is 1. The second-order valence-corrected chi connectivity index (χ2v) is 4.80. The standard InChI is InChI=1S/C17H14N4O/c18-17(19)21-16(22)13-7-6-11-8-9-20-15(14(11)10-13)12-4-2-1-3-5-12/h1-10H,(H4,18,19,21,22). The molecule has 22 heavy (non-hydrogen) atoms. The van der Waals surface area contributed by atoms with Gasteiger partial charge in [0, 0.05) is 22.7 Å². The molecule has 4 N–H and O–H groups in total. The Morgan fingerprint density at radius 1 is 1.00 bits per heavy atom. The van der Waals surface area contributed by atoms with Crippen LogP contribution in [0.3, 0.4) is 0 Å². The minimum absolute atomic E-state index is 0.250. The fraction of sp³-hybridized carbons (Fsp3) is 0. The number of aromatic nitrogens is 1. The molecule has 0 fully saturated rings. The monoisotopic (exact) mass is 290 g/mol. The van der Waals surface area contributed by atoms with E-state index in [1.165, 1.54) is 0 Å². The number of benzene rings is 2. The van der Waals surface area contributed by atoms with Crippen LogP contribution in [-0.2, 0) is 0 Å². The zero-order valence-corrected chi connectivity index (χ0v) is 11.7. The zero-order chi connectivity index (χ0) is 15.5. The molecule has 0 aliphatic heterocycles. The molecule has 5 heteroatoms. The number of pyridine rings is 1. The molecule has 0 atom stereocenters. The molecule has 1 heterocycles. The lowest BCUT2D eigenvalue weighted by molar-refractivity contribution is 0.100. The molecule has 0 aliphatic rings. The highest BCUT2D eigenvalue weighted by atomic mass is 16.1. The lowest BCUT2D eigenvalue weighted by atomic mass is 10.0. The van der Waals surface area contributed by atoms with Crippen molar-refractivity contribution in [2.24, 2.45) is 16.5 Å². The van der Waals surface area contributed by atoms with E-state index < -0.39 is 5.91 Å². The number of hydrogen-bond donors (Lipinski definition) is 2. The third-order valence-electron chi connectivity index (χ3n) is 3.29. The fourth-order valence-electron chi connectivity index (χ4n) is 2.31. The lowest BCUT2D eigenvalue weighted by Crippen LogP contribution is -2.24. The summed E-state index contributed by atoms with van der Waals surface area (Å²) < 4.78 is 0. The Morgan fingerprint density at radius 3 is 2.50 bits per heavy atom. The van der Waals surface area contributed by atoms with Crippen molar-refractivity contribution in [1.82, 2.24) is 4.98 Å². The first-order chi connectivity index (χ1) is 10.6. The quantitative estimate of drug-likeness (QED) is 0.559. The van der Waals surface area contributed by atoms with Crippen LogP contribution in [0.1, 0.15) is 10.4 Å². The maximum Gasteiger partial charge on any atom is 0.280 e. The minimum atomic E-state index is -0.468. The second kappa shape index (κ2) is 5.65. The maximum atomic E-state index is 12.0. The summed E-state index contributed by atoms with van der Waals surface area (Å²) in [7, 11) is 0. The van der Waals surface area contributed by atoms with Crippen LogP contribution >= 0.6 is 0 Å². The van der Waals surface area contributed by atoms with E-state index in [-0.39, 0.29) is 5.96 Å². The Kier molecular flexibility index (Phi) is 3.53. The molecule has 0 saturated heterocycles. The smallest absolute Gasteiger partial charge is 0.280 e. The summed E-state index contributed by atoms with van der Waals surface area (Å²) in [5.41, 5.74) is 12.7. The van der Waals surface area contributed by atoms with E-state index in [4.69, 9.17) is 11.5 Å². The summed E-state index contributed by atoms with van der Waals surface area (Å²) in [6.07, 6.45) is 1.75. The summed E-state index contributed by atoms with van der Waals surface area (Å²) in [6.45, 7) is 0. The molecule has 0 bridgehead atoms.